The average Bonchev–Trinajstić information content (AvgIpc) is 2.83. The largest absolute Gasteiger partial charge is 0.371 e. The number of amides is 1. The fourth-order valence-corrected chi connectivity index (χ4v) is 3.29. The van der Waals surface area contributed by atoms with Crippen LogP contribution in [0, 0.1) is 5.41 Å². The number of nitrogens with one attached hydrogen (secondary N) is 1. The Morgan fingerprint density at radius 2 is 2.37 bits per heavy atom. The van der Waals surface area contributed by atoms with Gasteiger partial charge >= 0.3 is 0 Å². The molecule has 1 spiro atoms. The van der Waals surface area contributed by atoms with Crippen LogP contribution < -0.4 is 16.0 Å². The molecule has 3 N–H and O–H groups in total. The SMILES string of the molecule is NC(=O)c1cc(N2CCC3(CCCNC3)C2)ccn1. The molecule has 0 radical (unpaired) electrons. The van der Waals surface area contributed by atoms with Gasteiger partial charge in [-0.05, 0) is 37.9 Å². The van der Waals surface area contributed by atoms with Crippen molar-refractivity contribution in [3.63, 3.8) is 0 Å². The minimum absolute atomic E-state index is 0.347. The van der Waals surface area contributed by atoms with Gasteiger partial charge in [0.1, 0.15) is 5.69 Å². The fourth-order valence-electron chi connectivity index (χ4n) is 3.29. The van der Waals surface area contributed by atoms with Crippen molar-refractivity contribution in [2.24, 2.45) is 11.1 Å². The molecule has 0 aromatic carbocycles. The Morgan fingerprint density at radius 1 is 1.47 bits per heavy atom. The molecule has 2 aliphatic heterocycles. The van der Waals surface area contributed by atoms with Gasteiger partial charge in [-0.2, -0.15) is 0 Å². The lowest BCUT2D eigenvalue weighted by Crippen LogP contribution is -2.41. The molecule has 19 heavy (non-hydrogen) atoms. The van der Waals surface area contributed by atoms with E-state index in [0.29, 0.717) is 11.1 Å². The summed E-state index contributed by atoms with van der Waals surface area (Å²) in [6.07, 6.45) is 5.44. The zero-order chi connectivity index (χ0) is 13.3. The quantitative estimate of drug-likeness (QED) is 0.823. The summed E-state index contributed by atoms with van der Waals surface area (Å²) in [6.45, 7) is 4.35. The van der Waals surface area contributed by atoms with Crippen molar-refractivity contribution >= 4 is 11.6 Å². The minimum atomic E-state index is -0.463. The van der Waals surface area contributed by atoms with E-state index in [4.69, 9.17) is 5.73 Å². The van der Waals surface area contributed by atoms with E-state index in [0.717, 1.165) is 31.9 Å². The van der Waals surface area contributed by atoms with Crippen molar-refractivity contribution in [1.82, 2.24) is 10.3 Å². The van der Waals surface area contributed by atoms with Crippen LogP contribution >= 0.6 is 0 Å². The van der Waals surface area contributed by atoms with Crippen molar-refractivity contribution in [2.45, 2.75) is 19.3 Å². The van der Waals surface area contributed by atoms with Gasteiger partial charge in [0.25, 0.3) is 5.91 Å². The highest BCUT2D eigenvalue weighted by Gasteiger charge is 2.39. The third kappa shape index (κ3) is 2.42. The monoisotopic (exact) mass is 260 g/mol. The van der Waals surface area contributed by atoms with Gasteiger partial charge in [0.2, 0.25) is 0 Å². The lowest BCUT2D eigenvalue weighted by atomic mass is 9.80. The van der Waals surface area contributed by atoms with Crippen LogP contribution in [0.1, 0.15) is 29.8 Å². The molecular weight excluding hydrogens is 240 g/mol. The Kier molecular flexibility index (Phi) is 3.14. The summed E-state index contributed by atoms with van der Waals surface area (Å²) in [5.74, 6) is -0.463. The van der Waals surface area contributed by atoms with Gasteiger partial charge in [0, 0.05) is 36.9 Å². The van der Waals surface area contributed by atoms with Crippen molar-refractivity contribution in [3.8, 4) is 0 Å². The standard InChI is InChI=1S/C14H20N4O/c15-13(19)12-8-11(2-6-17-12)18-7-4-14(10-18)3-1-5-16-9-14/h2,6,8,16H,1,3-5,7,9-10H2,(H2,15,19). The van der Waals surface area contributed by atoms with Crippen LogP contribution in [0.15, 0.2) is 18.3 Å². The summed E-state index contributed by atoms with van der Waals surface area (Å²) in [5.41, 5.74) is 7.11. The number of nitrogens with zero attached hydrogens (tertiary/aromatic N) is 2. The van der Waals surface area contributed by atoms with Gasteiger partial charge < -0.3 is 16.0 Å². The van der Waals surface area contributed by atoms with E-state index in [9.17, 15) is 4.79 Å². The van der Waals surface area contributed by atoms with Crippen LogP contribution in [0.3, 0.4) is 0 Å². The van der Waals surface area contributed by atoms with Crippen LogP contribution in [0.2, 0.25) is 0 Å². The van der Waals surface area contributed by atoms with E-state index >= 15 is 0 Å². The summed E-state index contributed by atoms with van der Waals surface area (Å²) in [6, 6.07) is 3.76. The van der Waals surface area contributed by atoms with Crippen LogP contribution in [-0.4, -0.2) is 37.1 Å². The van der Waals surface area contributed by atoms with Crippen molar-refractivity contribution in [3.05, 3.63) is 24.0 Å². The molecular formula is C14H20N4O. The summed E-state index contributed by atoms with van der Waals surface area (Å²) in [5, 5.41) is 3.51. The first-order valence-corrected chi connectivity index (χ1v) is 6.90. The second-order valence-electron chi connectivity index (χ2n) is 5.72. The number of aromatic nitrogens is 1. The molecule has 2 saturated heterocycles. The number of nitrogens with two attached hydrogens (primary N) is 1. The Labute approximate surface area is 113 Å². The Bertz CT molecular complexity index is 482. The zero-order valence-electron chi connectivity index (χ0n) is 11.1. The predicted molar refractivity (Wildman–Crippen MR) is 74.1 cm³/mol. The molecule has 3 rings (SSSR count). The first-order valence-electron chi connectivity index (χ1n) is 6.90. The highest BCUT2D eigenvalue weighted by Crippen LogP contribution is 2.38. The van der Waals surface area contributed by atoms with Crippen LogP contribution in [-0.2, 0) is 0 Å². The zero-order valence-corrected chi connectivity index (χ0v) is 11.1. The molecule has 102 valence electrons. The molecule has 1 aromatic rings. The van der Waals surface area contributed by atoms with Crippen molar-refractivity contribution < 1.29 is 4.79 Å². The normalized spacial score (nSPS) is 26.8. The summed E-state index contributed by atoms with van der Waals surface area (Å²) < 4.78 is 0. The smallest absolute Gasteiger partial charge is 0.267 e. The molecule has 0 aliphatic carbocycles. The van der Waals surface area contributed by atoms with Crippen LogP contribution in [0.5, 0.6) is 0 Å². The van der Waals surface area contributed by atoms with Crippen molar-refractivity contribution in [1.29, 1.82) is 0 Å². The number of carbonyl (C=O) groups is 1. The van der Waals surface area contributed by atoms with Gasteiger partial charge in [-0.15, -0.1) is 0 Å². The molecule has 1 unspecified atom stereocenters. The molecule has 3 heterocycles. The highest BCUT2D eigenvalue weighted by atomic mass is 16.1. The molecule has 2 fully saturated rings. The first kappa shape index (κ1) is 12.4. The number of piperidine rings is 1. The fraction of sp³-hybridized carbons (Fsp3) is 0.571. The van der Waals surface area contributed by atoms with Gasteiger partial charge in [-0.1, -0.05) is 0 Å². The number of hydrogen-bond donors (Lipinski definition) is 2. The second-order valence-corrected chi connectivity index (χ2v) is 5.72. The number of rotatable bonds is 2. The average molecular weight is 260 g/mol. The lowest BCUT2D eigenvalue weighted by Gasteiger charge is -2.34. The summed E-state index contributed by atoms with van der Waals surface area (Å²) >= 11 is 0. The topological polar surface area (TPSA) is 71.2 Å². The highest BCUT2D eigenvalue weighted by molar-refractivity contribution is 5.91. The molecule has 5 nitrogen and oxygen atoms in total. The number of pyridine rings is 1. The summed E-state index contributed by atoms with van der Waals surface area (Å²) in [7, 11) is 0. The van der Waals surface area contributed by atoms with Crippen LogP contribution in [0.4, 0.5) is 5.69 Å². The summed E-state index contributed by atoms with van der Waals surface area (Å²) in [4.78, 5) is 17.5. The molecule has 2 aliphatic rings. The van der Waals surface area contributed by atoms with Gasteiger partial charge in [0.15, 0.2) is 0 Å². The molecule has 1 atom stereocenters. The molecule has 1 aromatic heterocycles. The second kappa shape index (κ2) is 4.81. The number of carbonyl (C=O) groups excluding carboxylic acids is 1. The van der Waals surface area contributed by atoms with Gasteiger partial charge in [-0.25, -0.2) is 0 Å². The molecule has 0 bridgehead atoms. The Hall–Kier alpha value is -1.62. The molecule has 0 saturated carbocycles. The number of primary amides is 1. The van der Waals surface area contributed by atoms with Crippen molar-refractivity contribution in [2.75, 3.05) is 31.1 Å². The number of hydrogen-bond acceptors (Lipinski definition) is 4. The first-order chi connectivity index (χ1) is 9.19. The minimum Gasteiger partial charge on any atom is -0.371 e. The Balaban J connectivity index is 1.77. The van der Waals surface area contributed by atoms with Gasteiger partial charge in [-0.3, -0.25) is 9.78 Å². The van der Waals surface area contributed by atoms with Gasteiger partial charge in [0.05, 0.1) is 0 Å². The van der Waals surface area contributed by atoms with E-state index in [1.54, 1.807) is 12.3 Å². The maximum absolute atomic E-state index is 11.2. The maximum atomic E-state index is 11.2. The third-order valence-electron chi connectivity index (χ3n) is 4.36. The number of anilines is 1. The maximum Gasteiger partial charge on any atom is 0.267 e. The lowest BCUT2D eigenvalue weighted by molar-refractivity contribution is 0.0995. The Morgan fingerprint density at radius 3 is 3.11 bits per heavy atom. The van der Waals surface area contributed by atoms with E-state index in [1.807, 2.05) is 6.07 Å². The van der Waals surface area contributed by atoms with E-state index in [1.165, 1.54) is 19.3 Å². The molecule has 5 heteroatoms. The molecule has 1 amide bonds. The predicted octanol–water partition coefficient (Wildman–Crippen LogP) is 0.760. The van der Waals surface area contributed by atoms with E-state index < -0.39 is 5.91 Å². The van der Waals surface area contributed by atoms with E-state index in [2.05, 4.69) is 15.2 Å². The third-order valence-corrected chi connectivity index (χ3v) is 4.36. The van der Waals surface area contributed by atoms with Crippen LogP contribution in [0.25, 0.3) is 0 Å². The van der Waals surface area contributed by atoms with E-state index in [-0.39, 0.29) is 0 Å².